The van der Waals surface area contributed by atoms with Gasteiger partial charge in [-0.05, 0) is 106 Å². The molecule has 5 aromatic heterocycles. The quantitative estimate of drug-likeness (QED) is 0.121. The number of nitrogens with zero attached hydrogens (tertiary/aromatic N) is 7. The van der Waals surface area contributed by atoms with Crippen LogP contribution < -0.4 is 0 Å². The van der Waals surface area contributed by atoms with Gasteiger partial charge in [-0.3, -0.25) is 0 Å². The van der Waals surface area contributed by atoms with Gasteiger partial charge in [0.25, 0.3) is 0 Å². The van der Waals surface area contributed by atoms with E-state index in [1.807, 2.05) is 106 Å². The molecule has 348 valence electrons. The fourth-order valence-electron chi connectivity index (χ4n) is 9.26. The topological polar surface area (TPSA) is 74.3 Å². The molecule has 0 amide bonds. The summed E-state index contributed by atoms with van der Waals surface area (Å²) in [6.45, 7) is 4.08. The number of aromatic nitrogens is 7. The molecule has 0 saturated carbocycles. The van der Waals surface area contributed by atoms with Gasteiger partial charge >= 0.3 is 20.1 Å². The molecule has 7 nitrogen and oxygen atoms in total. The molecule has 12 rings (SSSR count). The summed E-state index contributed by atoms with van der Waals surface area (Å²) in [4.78, 5) is 24.1. The standard InChI is InChI=1S/C65H44N7.Ir/c1-44-15-31-62(69-42-44)49-21-26-55(27-22-49)71-36-34-67-64(71)53-38-52(39-54(40-53)65-68-35-37-72(65)56-28-23-50(24-29-56)63-32-16-45(2)43-70-63)57-12-6-7-13-58(57)59-30-25-51(61-14-8-9-33-66-61)41-60(59)48-19-17-47(18-20-48)46-10-4-3-5-11-46;/h3-21,23,26-43H,1-2H3;/q-3;+3. The Bertz CT molecular complexity index is 3680. The van der Waals surface area contributed by atoms with Crippen LogP contribution in [0.2, 0.25) is 0 Å². The van der Waals surface area contributed by atoms with E-state index in [2.05, 4.69) is 177 Å². The Labute approximate surface area is 438 Å². The fraction of sp³-hybridized carbons (Fsp3) is 0.0308. The summed E-state index contributed by atoms with van der Waals surface area (Å²) < 4.78 is 4.22. The predicted octanol–water partition coefficient (Wildman–Crippen LogP) is 15.3. The summed E-state index contributed by atoms with van der Waals surface area (Å²) in [6.07, 6.45) is 13.3. The van der Waals surface area contributed by atoms with Crippen molar-refractivity contribution in [3.63, 3.8) is 0 Å². The first-order valence-corrected chi connectivity index (χ1v) is 23.8. The number of hydrogen-bond acceptors (Lipinski definition) is 5. The van der Waals surface area contributed by atoms with E-state index in [9.17, 15) is 0 Å². The number of benzene rings is 7. The monoisotopic (exact) mass is 1120 g/mol. The van der Waals surface area contributed by atoms with Crippen LogP contribution in [0.1, 0.15) is 11.1 Å². The van der Waals surface area contributed by atoms with E-state index in [0.29, 0.717) is 0 Å². The molecule has 0 aliphatic carbocycles. The van der Waals surface area contributed by atoms with Crippen molar-refractivity contribution in [2.75, 3.05) is 0 Å². The predicted molar refractivity (Wildman–Crippen MR) is 289 cm³/mol. The number of rotatable bonds is 11. The maximum atomic E-state index is 5.02. The van der Waals surface area contributed by atoms with Crippen LogP contribution in [-0.4, -0.2) is 34.1 Å². The number of pyridine rings is 3. The summed E-state index contributed by atoms with van der Waals surface area (Å²) >= 11 is 0. The van der Waals surface area contributed by atoms with Gasteiger partial charge in [-0.1, -0.05) is 132 Å². The average molecular weight is 1120 g/mol. The molecule has 0 saturated heterocycles. The van der Waals surface area contributed by atoms with Crippen LogP contribution >= 0.6 is 0 Å². The van der Waals surface area contributed by atoms with Crippen molar-refractivity contribution in [2.45, 2.75) is 13.8 Å². The van der Waals surface area contributed by atoms with E-state index >= 15 is 0 Å². The third-order valence-corrected chi connectivity index (χ3v) is 13.0. The molecule has 12 aromatic rings. The smallest absolute Gasteiger partial charge is 0.341 e. The summed E-state index contributed by atoms with van der Waals surface area (Å²) in [5.41, 5.74) is 19.9. The largest absolute Gasteiger partial charge is 3.00 e. The molecule has 0 aliphatic heterocycles. The van der Waals surface area contributed by atoms with Gasteiger partial charge in [-0.15, -0.1) is 83.4 Å². The average Bonchev–Trinajstić information content (AvgIpc) is 4.16. The Morgan fingerprint density at radius 1 is 0.342 bits per heavy atom. The van der Waals surface area contributed by atoms with E-state index in [-0.39, 0.29) is 20.1 Å². The van der Waals surface area contributed by atoms with Gasteiger partial charge in [0.2, 0.25) is 0 Å². The molecule has 0 aliphatic rings. The number of hydrogen-bond donors (Lipinski definition) is 0. The molecule has 0 fully saturated rings. The summed E-state index contributed by atoms with van der Waals surface area (Å²) in [5, 5.41) is 0. The Morgan fingerprint density at radius 3 is 1.41 bits per heavy atom. The van der Waals surface area contributed by atoms with Gasteiger partial charge in [0.05, 0.1) is 0 Å². The Kier molecular flexibility index (Phi) is 13.0. The maximum Gasteiger partial charge on any atom is 3.00 e. The minimum Gasteiger partial charge on any atom is -0.341 e. The summed E-state index contributed by atoms with van der Waals surface area (Å²) in [6, 6.07) is 76.0. The van der Waals surface area contributed by atoms with Gasteiger partial charge in [0, 0.05) is 54.5 Å². The second-order valence-electron chi connectivity index (χ2n) is 17.8. The van der Waals surface area contributed by atoms with Crippen molar-refractivity contribution >= 4 is 0 Å². The molecule has 7 aromatic carbocycles. The van der Waals surface area contributed by atoms with Crippen LogP contribution in [0.15, 0.2) is 231 Å². The Balaban J connectivity index is 0.00000574. The van der Waals surface area contributed by atoms with Crippen molar-refractivity contribution in [1.82, 2.24) is 34.1 Å². The van der Waals surface area contributed by atoms with Crippen LogP contribution in [0.4, 0.5) is 0 Å². The van der Waals surface area contributed by atoms with Crippen molar-refractivity contribution in [1.29, 1.82) is 0 Å². The van der Waals surface area contributed by atoms with Crippen molar-refractivity contribution in [3.05, 3.63) is 261 Å². The second kappa shape index (κ2) is 20.4. The first-order valence-electron chi connectivity index (χ1n) is 23.8. The summed E-state index contributed by atoms with van der Waals surface area (Å²) in [7, 11) is 0. The Morgan fingerprint density at radius 2 is 0.863 bits per heavy atom. The zero-order chi connectivity index (χ0) is 48.4. The number of aryl methyl sites for hydroxylation is 2. The van der Waals surface area contributed by atoms with Gasteiger partial charge < -0.3 is 24.1 Å². The maximum absolute atomic E-state index is 5.02. The molecule has 5 heterocycles. The molecular formula is C65H44IrN7. The van der Waals surface area contributed by atoms with Crippen LogP contribution in [0.5, 0.6) is 0 Å². The van der Waals surface area contributed by atoms with Gasteiger partial charge in [0.15, 0.2) is 0 Å². The molecule has 8 heteroatoms. The SMILES string of the molecule is Cc1ccc(-c2[c-]cc(-n3ccnc3-c3cc(-c4ccccc4-c4c[c-]c(-c5ccccn5)cc4-c4ccc(-c5ccccc5)cc4)cc(-c4nccn4-c4c[c-]c(-c5ccc(C)cn5)cc4)c3)cc2)nc1.[Ir+3]. The van der Waals surface area contributed by atoms with Crippen molar-refractivity contribution in [2.24, 2.45) is 0 Å². The minimum atomic E-state index is 0. The summed E-state index contributed by atoms with van der Waals surface area (Å²) in [5.74, 6) is 1.55. The minimum absolute atomic E-state index is 0. The molecule has 0 radical (unpaired) electrons. The van der Waals surface area contributed by atoms with E-state index in [4.69, 9.17) is 15.0 Å². The number of imidazole rings is 2. The van der Waals surface area contributed by atoms with Crippen LogP contribution in [-0.2, 0) is 20.1 Å². The van der Waals surface area contributed by atoms with Crippen LogP contribution in [0.3, 0.4) is 0 Å². The second-order valence-corrected chi connectivity index (χ2v) is 17.8. The molecule has 0 unspecified atom stereocenters. The first-order chi connectivity index (χ1) is 35.5. The van der Waals surface area contributed by atoms with Gasteiger partial charge in [-0.2, -0.15) is 0 Å². The van der Waals surface area contributed by atoms with E-state index in [1.54, 1.807) is 0 Å². The van der Waals surface area contributed by atoms with Crippen LogP contribution in [0, 0.1) is 32.0 Å². The molecule has 0 atom stereocenters. The normalized spacial score (nSPS) is 11.0. The van der Waals surface area contributed by atoms with Gasteiger partial charge in [-0.25, -0.2) is 9.97 Å². The Hall–Kier alpha value is -8.94. The molecular weight excluding hydrogens is 1070 g/mol. The molecule has 73 heavy (non-hydrogen) atoms. The van der Waals surface area contributed by atoms with E-state index in [1.165, 1.54) is 5.56 Å². The van der Waals surface area contributed by atoms with Gasteiger partial charge in [0.1, 0.15) is 11.6 Å². The zero-order valence-electron chi connectivity index (χ0n) is 39.9. The van der Waals surface area contributed by atoms with E-state index < -0.39 is 0 Å². The molecule has 0 bridgehead atoms. The van der Waals surface area contributed by atoms with E-state index in [0.717, 1.165) is 118 Å². The third-order valence-electron chi connectivity index (χ3n) is 13.0. The van der Waals surface area contributed by atoms with Crippen molar-refractivity contribution in [3.8, 4) is 112 Å². The fourth-order valence-corrected chi connectivity index (χ4v) is 9.26. The third kappa shape index (κ3) is 9.53. The first kappa shape index (κ1) is 46.4. The zero-order valence-corrected chi connectivity index (χ0v) is 42.3. The van der Waals surface area contributed by atoms with Crippen LogP contribution in [0.25, 0.3) is 112 Å². The molecule has 0 N–H and O–H groups in total. The molecule has 0 spiro atoms. The van der Waals surface area contributed by atoms with Crippen molar-refractivity contribution < 1.29 is 20.1 Å².